The third-order valence-electron chi connectivity index (χ3n) is 13.7. The van der Waals surface area contributed by atoms with E-state index in [9.17, 15) is 0 Å². The monoisotopic (exact) mass is 777 g/mol. The molecule has 1 heteroatoms. The number of rotatable bonds is 5. The minimum absolute atomic E-state index is 0.155. The second-order valence-electron chi connectivity index (χ2n) is 17.2. The smallest absolute Gasteiger partial charge is 0.0719 e. The number of hydrogen-bond acceptors (Lipinski definition) is 1. The van der Waals surface area contributed by atoms with Crippen molar-refractivity contribution >= 4 is 38.6 Å². The van der Waals surface area contributed by atoms with Crippen molar-refractivity contribution in [2.24, 2.45) is 0 Å². The van der Waals surface area contributed by atoms with Crippen LogP contribution in [-0.4, -0.2) is 0 Å². The molecule has 1 spiro atoms. The standard InChI is InChI=1S/C60H43N/c1-59(2)52-29-15-17-31-54(52)60(55-32-18-16-30-53(55)59)51-28-14-13-25-47(51)48-38-35-41(39-56(48)60)58-50-27-12-10-24-46(50)45-23-9-11-26-49(45)57(58)40-33-36-44(37-34-40)61(42-19-5-3-6-20-42)43-21-7-4-8-22-43/h3-39H,1-2H3. The van der Waals surface area contributed by atoms with Crippen LogP contribution in [0.5, 0.6) is 0 Å². The van der Waals surface area contributed by atoms with E-state index in [0.29, 0.717) is 0 Å². The first-order chi connectivity index (χ1) is 30.0. The first-order valence-electron chi connectivity index (χ1n) is 21.4. The third kappa shape index (κ3) is 5.08. The van der Waals surface area contributed by atoms with Crippen LogP contribution in [0.4, 0.5) is 17.1 Å². The molecular weight excluding hydrogens is 735 g/mol. The fraction of sp³-hybridized carbons (Fsp3) is 0.0667. The molecule has 0 atom stereocenters. The molecule has 61 heavy (non-hydrogen) atoms. The minimum atomic E-state index is -0.475. The van der Waals surface area contributed by atoms with Gasteiger partial charge >= 0.3 is 0 Å². The highest BCUT2D eigenvalue weighted by molar-refractivity contribution is 6.21. The van der Waals surface area contributed by atoms with Gasteiger partial charge in [-0.25, -0.2) is 0 Å². The van der Waals surface area contributed by atoms with Gasteiger partial charge < -0.3 is 4.90 Å². The number of anilines is 3. The molecule has 288 valence electrons. The Balaban J connectivity index is 1.14. The summed E-state index contributed by atoms with van der Waals surface area (Å²) < 4.78 is 0. The highest BCUT2D eigenvalue weighted by Gasteiger charge is 2.53. The summed E-state index contributed by atoms with van der Waals surface area (Å²) in [5.74, 6) is 0. The highest BCUT2D eigenvalue weighted by atomic mass is 15.1. The summed E-state index contributed by atoms with van der Waals surface area (Å²) in [6, 6.07) is 83.5. The second kappa shape index (κ2) is 13.5. The Morgan fingerprint density at radius 1 is 0.295 bits per heavy atom. The van der Waals surface area contributed by atoms with Gasteiger partial charge in [0.15, 0.2) is 0 Å². The van der Waals surface area contributed by atoms with E-state index < -0.39 is 5.41 Å². The summed E-state index contributed by atoms with van der Waals surface area (Å²) in [5, 5.41) is 5.03. The lowest BCUT2D eigenvalue weighted by atomic mass is 9.55. The van der Waals surface area contributed by atoms with Crippen LogP contribution in [-0.2, 0) is 10.8 Å². The van der Waals surface area contributed by atoms with Gasteiger partial charge in [-0.1, -0.05) is 196 Å². The summed E-state index contributed by atoms with van der Waals surface area (Å²) >= 11 is 0. The molecule has 0 bridgehead atoms. The number of benzene rings is 10. The number of para-hydroxylation sites is 2. The zero-order valence-corrected chi connectivity index (χ0v) is 34.3. The summed E-state index contributed by atoms with van der Waals surface area (Å²) in [7, 11) is 0. The predicted octanol–water partition coefficient (Wildman–Crippen LogP) is 15.8. The van der Waals surface area contributed by atoms with E-state index in [1.165, 1.54) is 88.3 Å². The Morgan fingerprint density at radius 2 is 0.689 bits per heavy atom. The van der Waals surface area contributed by atoms with Crippen molar-refractivity contribution in [1.82, 2.24) is 0 Å². The zero-order chi connectivity index (χ0) is 40.7. The van der Waals surface area contributed by atoms with E-state index in [1.54, 1.807) is 0 Å². The maximum absolute atomic E-state index is 2.56. The lowest BCUT2D eigenvalue weighted by Gasteiger charge is -2.46. The van der Waals surface area contributed by atoms with Crippen molar-refractivity contribution in [3.63, 3.8) is 0 Å². The highest BCUT2D eigenvalue weighted by Crippen LogP contribution is 2.62. The van der Waals surface area contributed by atoms with Crippen molar-refractivity contribution in [3.8, 4) is 33.4 Å². The Bertz CT molecular complexity index is 3230. The van der Waals surface area contributed by atoms with Crippen LogP contribution in [0.25, 0.3) is 54.9 Å². The molecule has 2 aliphatic rings. The lowest BCUT2D eigenvalue weighted by molar-refractivity contribution is 0.563. The third-order valence-corrected chi connectivity index (χ3v) is 13.7. The van der Waals surface area contributed by atoms with E-state index in [1.807, 2.05) is 0 Å². The van der Waals surface area contributed by atoms with Crippen molar-refractivity contribution in [3.05, 3.63) is 258 Å². The average Bonchev–Trinajstić information content (AvgIpc) is 3.62. The largest absolute Gasteiger partial charge is 0.311 e. The number of hydrogen-bond donors (Lipinski definition) is 0. The molecule has 0 aliphatic heterocycles. The van der Waals surface area contributed by atoms with Crippen LogP contribution in [0.1, 0.15) is 47.2 Å². The van der Waals surface area contributed by atoms with E-state index in [2.05, 4.69) is 243 Å². The first-order valence-corrected chi connectivity index (χ1v) is 21.4. The Labute approximate surface area is 357 Å². The number of fused-ring (bicyclic) bond motifs is 12. The zero-order valence-electron chi connectivity index (χ0n) is 34.3. The van der Waals surface area contributed by atoms with Gasteiger partial charge in [0.05, 0.1) is 5.41 Å². The van der Waals surface area contributed by atoms with E-state index in [0.717, 1.165) is 17.1 Å². The fourth-order valence-corrected chi connectivity index (χ4v) is 11.1. The van der Waals surface area contributed by atoms with Crippen LogP contribution in [0.2, 0.25) is 0 Å². The first kappa shape index (κ1) is 35.5. The van der Waals surface area contributed by atoms with Crippen molar-refractivity contribution < 1.29 is 0 Å². The summed E-state index contributed by atoms with van der Waals surface area (Å²) in [5.41, 5.74) is 18.5. The van der Waals surface area contributed by atoms with Gasteiger partial charge in [-0.2, -0.15) is 0 Å². The minimum Gasteiger partial charge on any atom is -0.311 e. The molecule has 10 aromatic rings. The van der Waals surface area contributed by atoms with Gasteiger partial charge in [0.1, 0.15) is 0 Å². The van der Waals surface area contributed by atoms with Crippen LogP contribution in [0, 0.1) is 0 Å². The molecule has 1 nitrogen and oxygen atoms in total. The van der Waals surface area contributed by atoms with Gasteiger partial charge in [0.25, 0.3) is 0 Å². The molecule has 0 amide bonds. The van der Waals surface area contributed by atoms with E-state index in [-0.39, 0.29) is 5.41 Å². The van der Waals surface area contributed by atoms with Crippen molar-refractivity contribution in [2.75, 3.05) is 4.90 Å². The fourth-order valence-electron chi connectivity index (χ4n) is 11.1. The molecule has 0 fully saturated rings. The van der Waals surface area contributed by atoms with E-state index in [4.69, 9.17) is 0 Å². The molecule has 12 rings (SSSR count). The predicted molar refractivity (Wildman–Crippen MR) is 256 cm³/mol. The molecular formula is C60H43N. The molecule has 0 N–H and O–H groups in total. The average molecular weight is 778 g/mol. The summed E-state index contributed by atoms with van der Waals surface area (Å²) in [6.07, 6.45) is 0. The van der Waals surface area contributed by atoms with Crippen molar-refractivity contribution in [1.29, 1.82) is 0 Å². The Morgan fingerprint density at radius 3 is 1.25 bits per heavy atom. The normalized spacial score (nSPS) is 14.0. The SMILES string of the molecule is CC1(C)c2ccccc2C2(c3ccccc3-c3ccc(-c4c(-c5ccc(N(c6ccccc6)c6ccccc6)cc5)c5ccccc5c5ccccc45)cc32)c2ccccc21. The van der Waals surface area contributed by atoms with Crippen LogP contribution in [0.15, 0.2) is 224 Å². The molecule has 0 saturated heterocycles. The molecule has 0 heterocycles. The van der Waals surface area contributed by atoms with Gasteiger partial charge in [0.2, 0.25) is 0 Å². The van der Waals surface area contributed by atoms with Gasteiger partial charge in [0, 0.05) is 22.5 Å². The van der Waals surface area contributed by atoms with Gasteiger partial charge in [-0.05, 0) is 131 Å². The maximum Gasteiger partial charge on any atom is 0.0719 e. The van der Waals surface area contributed by atoms with Gasteiger partial charge in [-0.15, -0.1) is 0 Å². The lowest BCUT2D eigenvalue weighted by Crippen LogP contribution is -2.40. The molecule has 0 saturated carbocycles. The Hall–Kier alpha value is -7.48. The molecule has 0 unspecified atom stereocenters. The van der Waals surface area contributed by atoms with E-state index >= 15 is 0 Å². The molecule has 0 aromatic heterocycles. The quantitative estimate of drug-likeness (QED) is 0.157. The van der Waals surface area contributed by atoms with Crippen LogP contribution >= 0.6 is 0 Å². The molecule has 0 radical (unpaired) electrons. The summed E-state index contributed by atoms with van der Waals surface area (Å²) in [6.45, 7) is 4.79. The van der Waals surface area contributed by atoms with Crippen LogP contribution < -0.4 is 4.90 Å². The Kier molecular flexibility index (Phi) is 7.86. The maximum atomic E-state index is 2.56. The molecule has 2 aliphatic carbocycles. The summed E-state index contributed by atoms with van der Waals surface area (Å²) in [4.78, 5) is 2.34. The topological polar surface area (TPSA) is 3.24 Å². The van der Waals surface area contributed by atoms with Crippen LogP contribution in [0.3, 0.4) is 0 Å². The van der Waals surface area contributed by atoms with Gasteiger partial charge in [-0.3, -0.25) is 0 Å². The molecule has 10 aromatic carbocycles. The second-order valence-corrected chi connectivity index (χ2v) is 17.2. The number of nitrogens with zero attached hydrogens (tertiary/aromatic N) is 1. The van der Waals surface area contributed by atoms with Crippen molar-refractivity contribution in [2.45, 2.75) is 24.7 Å².